The van der Waals surface area contributed by atoms with Crippen LogP contribution in [0.5, 0.6) is 0 Å². The molecule has 1 aliphatic carbocycles. The predicted molar refractivity (Wildman–Crippen MR) is 85.9 cm³/mol. The van der Waals surface area contributed by atoms with E-state index in [-0.39, 0.29) is 0 Å². The van der Waals surface area contributed by atoms with Gasteiger partial charge in [-0.3, -0.25) is 4.90 Å². The maximum absolute atomic E-state index is 3.61. The van der Waals surface area contributed by atoms with Gasteiger partial charge in [-0.05, 0) is 42.5 Å². The van der Waals surface area contributed by atoms with Crippen LogP contribution in [0.2, 0.25) is 0 Å². The van der Waals surface area contributed by atoms with Crippen LogP contribution in [-0.2, 0) is 0 Å². The molecular weight excluding hydrogens is 314 g/mol. The van der Waals surface area contributed by atoms with Gasteiger partial charge in [0.2, 0.25) is 0 Å². The van der Waals surface area contributed by atoms with Gasteiger partial charge < -0.3 is 10.3 Å². The molecule has 4 rings (SSSR count). The van der Waals surface area contributed by atoms with Gasteiger partial charge in [0.15, 0.2) is 0 Å². The first-order valence-corrected chi connectivity index (χ1v) is 8.33. The zero-order valence-electron chi connectivity index (χ0n) is 11.5. The number of aromatic amines is 1. The van der Waals surface area contributed by atoms with Crippen molar-refractivity contribution in [1.82, 2.24) is 15.2 Å². The van der Waals surface area contributed by atoms with Crippen molar-refractivity contribution in [2.24, 2.45) is 5.92 Å². The highest BCUT2D eigenvalue weighted by Crippen LogP contribution is 2.46. The van der Waals surface area contributed by atoms with Crippen LogP contribution < -0.4 is 5.32 Å². The number of nitrogens with one attached hydrogen (secondary N) is 2. The molecule has 0 spiro atoms. The van der Waals surface area contributed by atoms with E-state index in [9.17, 15) is 0 Å². The lowest BCUT2D eigenvalue weighted by Crippen LogP contribution is -2.45. The number of halogens is 1. The summed E-state index contributed by atoms with van der Waals surface area (Å²) in [6.07, 6.45) is 5.01. The molecule has 2 fully saturated rings. The smallest absolute Gasteiger partial charge is 0.0458 e. The van der Waals surface area contributed by atoms with Crippen LogP contribution in [0.15, 0.2) is 28.9 Å². The number of aromatic nitrogens is 1. The van der Waals surface area contributed by atoms with E-state index in [0.717, 1.165) is 19.0 Å². The average molecular weight is 334 g/mol. The van der Waals surface area contributed by atoms with Crippen molar-refractivity contribution >= 4 is 26.8 Å². The van der Waals surface area contributed by atoms with Crippen LogP contribution in [0.1, 0.15) is 24.4 Å². The minimum atomic E-state index is 0.597. The highest BCUT2D eigenvalue weighted by Gasteiger charge is 2.37. The van der Waals surface area contributed by atoms with Crippen molar-refractivity contribution in [3.8, 4) is 0 Å². The zero-order valence-corrected chi connectivity index (χ0v) is 13.1. The third kappa shape index (κ3) is 2.30. The molecule has 0 amide bonds. The van der Waals surface area contributed by atoms with Crippen molar-refractivity contribution in [2.45, 2.75) is 18.9 Å². The van der Waals surface area contributed by atoms with Crippen LogP contribution in [-0.4, -0.2) is 36.1 Å². The minimum absolute atomic E-state index is 0.597. The van der Waals surface area contributed by atoms with E-state index in [1.165, 1.54) is 46.9 Å². The molecule has 1 aliphatic heterocycles. The third-order valence-electron chi connectivity index (χ3n) is 4.61. The SMILES string of the molecule is Brc1ccc2[nH]cc([C@H](C3CC3)N3CCNCC3)c2c1. The van der Waals surface area contributed by atoms with Gasteiger partial charge in [0.05, 0.1) is 0 Å². The highest BCUT2D eigenvalue weighted by molar-refractivity contribution is 9.10. The lowest BCUT2D eigenvalue weighted by Gasteiger charge is -2.35. The van der Waals surface area contributed by atoms with E-state index < -0.39 is 0 Å². The molecule has 1 saturated heterocycles. The Balaban J connectivity index is 1.75. The van der Waals surface area contributed by atoms with Gasteiger partial charge in [-0.25, -0.2) is 0 Å². The number of rotatable bonds is 3. The number of benzene rings is 1. The lowest BCUT2D eigenvalue weighted by molar-refractivity contribution is 0.157. The highest BCUT2D eigenvalue weighted by atomic mass is 79.9. The Morgan fingerprint density at radius 1 is 1.20 bits per heavy atom. The molecule has 1 atom stereocenters. The summed E-state index contributed by atoms with van der Waals surface area (Å²) in [7, 11) is 0. The molecule has 1 aromatic carbocycles. The number of nitrogens with zero attached hydrogens (tertiary/aromatic N) is 1. The fraction of sp³-hybridized carbons (Fsp3) is 0.500. The molecule has 0 radical (unpaired) electrons. The van der Waals surface area contributed by atoms with Crippen molar-refractivity contribution in [2.75, 3.05) is 26.2 Å². The standard InChI is InChI=1S/C16H20BrN3/c17-12-3-4-15-13(9-12)14(10-19-15)16(11-1-2-11)20-7-5-18-6-8-20/h3-4,9-11,16,18-19H,1-2,5-8H2/t16-/m0/s1. The summed E-state index contributed by atoms with van der Waals surface area (Å²) >= 11 is 3.61. The topological polar surface area (TPSA) is 31.1 Å². The van der Waals surface area contributed by atoms with Crippen LogP contribution in [0.25, 0.3) is 10.9 Å². The molecule has 20 heavy (non-hydrogen) atoms. The Morgan fingerprint density at radius 3 is 2.75 bits per heavy atom. The van der Waals surface area contributed by atoms with Crippen LogP contribution >= 0.6 is 15.9 Å². The van der Waals surface area contributed by atoms with E-state index in [4.69, 9.17) is 0 Å². The van der Waals surface area contributed by atoms with Crippen molar-refractivity contribution in [3.63, 3.8) is 0 Å². The molecule has 4 heteroatoms. The third-order valence-corrected chi connectivity index (χ3v) is 5.10. The fourth-order valence-corrected chi connectivity index (χ4v) is 3.84. The molecule has 1 aromatic heterocycles. The number of H-pyrrole nitrogens is 1. The molecule has 1 saturated carbocycles. The van der Waals surface area contributed by atoms with E-state index in [1.54, 1.807) is 0 Å². The maximum Gasteiger partial charge on any atom is 0.0458 e. The number of fused-ring (bicyclic) bond motifs is 1. The monoisotopic (exact) mass is 333 g/mol. The average Bonchev–Trinajstić information content (AvgIpc) is 3.22. The summed E-state index contributed by atoms with van der Waals surface area (Å²) in [4.78, 5) is 6.13. The molecular formula is C16H20BrN3. The fourth-order valence-electron chi connectivity index (χ4n) is 3.48. The normalized spacial score (nSPS) is 22.2. The molecule has 2 aromatic rings. The van der Waals surface area contributed by atoms with Crippen molar-refractivity contribution < 1.29 is 0 Å². The predicted octanol–water partition coefficient (Wildman–Crippen LogP) is 3.29. The first-order valence-electron chi connectivity index (χ1n) is 7.54. The van der Waals surface area contributed by atoms with Gasteiger partial charge in [0, 0.05) is 53.8 Å². The van der Waals surface area contributed by atoms with Gasteiger partial charge in [0.25, 0.3) is 0 Å². The van der Waals surface area contributed by atoms with Crippen molar-refractivity contribution in [3.05, 3.63) is 34.4 Å². The molecule has 2 heterocycles. The Labute approximate surface area is 127 Å². The van der Waals surface area contributed by atoms with Crippen LogP contribution in [0, 0.1) is 5.92 Å². The summed E-state index contributed by atoms with van der Waals surface area (Å²) in [6, 6.07) is 7.14. The lowest BCUT2D eigenvalue weighted by atomic mass is 9.99. The summed E-state index contributed by atoms with van der Waals surface area (Å²) in [6.45, 7) is 4.58. The maximum atomic E-state index is 3.61. The number of hydrogen-bond acceptors (Lipinski definition) is 2. The summed E-state index contributed by atoms with van der Waals surface area (Å²) in [5.74, 6) is 0.853. The van der Waals surface area contributed by atoms with Crippen molar-refractivity contribution in [1.29, 1.82) is 0 Å². The van der Waals surface area contributed by atoms with Gasteiger partial charge in [-0.2, -0.15) is 0 Å². The summed E-state index contributed by atoms with van der Waals surface area (Å²) in [5, 5.41) is 4.85. The Hall–Kier alpha value is -0.840. The largest absolute Gasteiger partial charge is 0.361 e. The van der Waals surface area contributed by atoms with E-state index in [0.29, 0.717) is 6.04 Å². The van der Waals surface area contributed by atoms with Crippen LogP contribution in [0.3, 0.4) is 0 Å². The first kappa shape index (κ1) is 12.9. The zero-order chi connectivity index (χ0) is 13.5. The van der Waals surface area contributed by atoms with Gasteiger partial charge in [-0.1, -0.05) is 15.9 Å². The Kier molecular flexibility index (Phi) is 3.33. The first-order chi connectivity index (χ1) is 9.83. The second-order valence-electron chi connectivity index (χ2n) is 6.00. The molecule has 106 valence electrons. The number of piperazine rings is 1. The van der Waals surface area contributed by atoms with Crippen LogP contribution in [0.4, 0.5) is 0 Å². The molecule has 0 bridgehead atoms. The Bertz CT molecular complexity index is 611. The van der Waals surface area contributed by atoms with E-state index >= 15 is 0 Å². The molecule has 2 N–H and O–H groups in total. The summed E-state index contributed by atoms with van der Waals surface area (Å²) < 4.78 is 1.17. The van der Waals surface area contributed by atoms with E-state index in [1.807, 2.05) is 0 Å². The second kappa shape index (κ2) is 5.17. The quantitative estimate of drug-likeness (QED) is 0.903. The van der Waals surface area contributed by atoms with Gasteiger partial charge in [-0.15, -0.1) is 0 Å². The minimum Gasteiger partial charge on any atom is -0.361 e. The summed E-state index contributed by atoms with van der Waals surface area (Å²) in [5.41, 5.74) is 2.75. The Morgan fingerprint density at radius 2 is 2.00 bits per heavy atom. The number of hydrogen-bond donors (Lipinski definition) is 2. The molecule has 2 aliphatic rings. The van der Waals surface area contributed by atoms with Gasteiger partial charge in [0.1, 0.15) is 0 Å². The molecule has 3 nitrogen and oxygen atoms in total. The molecule has 0 unspecified atom stereocenters. The van der Waals surface area contributed by atoms with E-state index in [2.05, 4.69) is 55.5 Å². The van der Waals surface area contributed by atoms with Gasteiger partial charge >= 0.3 is 0 Å². The second-order valence-corrected chi connectivity index (χ2v) is 6.92.